The summed E-state index contributed by atoms with van der Waals surface area (Å²) < 4.78 is 5.84. The maximum atomic E-state index is 5.84. The first-order valence-electron chi connectivity index (χ1n) is 7.41. The lowest BCUT2D eigenvalue weighted by molar-refractivity contribution is 0.481. The van der Waals surface area contributed by atoms with E-state index in [1.807, 2.05) is 18.2 Å². The molecule has 0 aliphatic heterocycles. The van der Waals surface area contributed by atoms with Crippen LogP contribution in [0, 0.1) is 13.8 Å². The molecular weight excluding hydrogens is 258 g/mol. The van der Waals surface area contributed by atoms with Crippen molar-refractivity contribution in [2.24, 2.45) is 0 Å². The van der Waals surface area contributed by atoms with Crippen molar-refractivity contribution in [2.75, 3.05) is 0 Å². The Bertz CT molecular complexity index is 724. The molecule has 0 spiro atoms. The molecule has 0 amide bonds. The van der Waals surface area contributed by atoms with Gasteiger partial charge in [-0.25, -0.2) is 0 Å². The summed E-state index contributed by atoms with van der Waals surface area (Å²) in [5, 5.41) is 4.70. The zero-order valence-corrected chi connectivity index (χ0v) is 12.8. The van der Waals surface area contributed by atoms with E-state index in [0.717, 1.165) is 23.3 Å². The Kier molecular flexibility index (Phi) is 3.80. The summed E-state index contributed by atoms with van der Waals surface area (Å²) in [4.78, 5) is 0. The van der Waals surface area contributed by atoms with E-state index in [1.165, 1.54) is 16.7 Å². The molecule has 3 aromatic rings. The minimum Gasteiger partial charge on any atom is -0.460 e. The number of fused-ring (bicyclic) bond motifs is 1. The highest BCUT2D eigenvalue weighted by Gasteiger charge is 2.09. The molecule has 2 nitrogen and oxygen atoms in total. The molecule has 1 N–H and O–H groups in total. The second kappa shape index (κ2) is 5.74. The number of hydrogen-bond acceptors (Lipinski definition) is 2. The first-order chi connectivity index (χ1) is 10.1. The number of rotatable bonds is 4. The molecule has 1 aromatic heterocycles. The summed E-state index contributed by atoms with van der Waals surface area (Å²) in [6.07, 6.45) is 0. The third-order valence-electron chi connectivity index (χ3n) is 3.95. The second-order valence-corrected chi connectivity index (χ2v) is 5.71. The monoisotopic (exact) mass is 279 g/mol. The van der Waals surface area contributed by atoms with Gasteiger partial charge in [0.1, 0.15) is 11.3 Å². The topological polar surface area (TPSA) is 25.2 Å². The Labute approximate surface area is 125 Å². The third-order valence-corrected chi connectivity index (χ3v) is 3.95. The van der Waals surface area contributed by atoms with Crippen molar-refractivity contribution < 1.29 is 4.42 Å². The summed E-state index contributed by atoms with van der Waals surface area (Å²) >= 11 is 0. The molecule has 0 bridgehead atoms. The number of hydrogen-bond donors (Lipinski definition) is 1. The molecule has 0 saturated heterocycles. The summed E-state index contributed by atoms with van der Waals surface area (Å²) in [7, 11) is 0. The molecule has 0 saturated carbocycles. The van der Waals surface area contributed by atoms with Gasteiger partial charge in [0.05, 0.1) is 6.54 Å². The molecule has 2 aromatic carbocycles. The zero-order valence-electron chi connectivity index (χ0n) is 12.8. The number of para-hydroxylation sites is 1. The maximum absolute atomic E-state index is 5.84. The smallest absolute Gasteiger partial charge is 0.134 e. The van der Waals surface area contributed by atoms with E-state index in [2.05, 4.69) is 56.4 Å². The zero-order chi connectivity index (χ0) is 14.8. The van der Waals surface area contributed by atoms with Crippen LogP contribution >= 0.6 is 0 Å². The average molecular weight is 279 g/mol. The maximum Gasteiger partial charge on any atom is 0.134 e. The largest absolute Gasteiger partial charge is 0.460 e. The standard InChI is InChI=1S/C19H21NO/c1-13-8-9-18(14(2)10-13)15(3)20-12-17-11-16-6-4-5-7-19(16)21-17/h4-11,15,20H,12H2,1-3H3. The van der Waals surface area contributed by atoms with Crippen LogP contribution < -0.4 is 5.32 Å². The molecule has 1 unspecified atom stereocenters. The Morgan fingerprint density at radius 2 is 1.86 bits per heavy atom. The highest BCUT2D eigenvalue weighted by molar-refractivity contribution is 5.77. The Morgan fingerprint density at radius 1 is 1.05 bits per heavy atom. The summed E-state index contributed by atoms with van der Waals surface area (Å²) in [6, 6.07) is 17.1. The molecule has 0 fully saturated rings. The Morgan fingerprint density at radius 3 is 2.62 bits per heavy atom. The van der Waals surface area contributed by atoms with Gasteiger partial charge < -0.3 is 9.73 Å². The first-order valence-corrected chi connectivity index (χ1v) is 7.41. The number of furan rings is 1. The molecule has 3 rings (SSSR count). The van der Waals surface area contributed by atoms with Crippen molar-refractivity contribution in [3.05, 3.63) is 71.0 Å². The minimum atomic E-state index is 0.304. The van der Waals surface area contributed by atoms with Crippen LogP contribution in [0.25, 0.3) is 11.0 Å². The van der Waals surface area contributed by atoms with Crippen LogP contribution in [0.2, 0.25) is 0 Å². The molecular formula is C19H21NO. The van der Waals surface area contributed by atoms with Crippen molar-refractivity contribution in [2.45, 2.75) is 33.4 Å². The SMILES string of the molecule is Cc1ccc(C(C)NCc2cc3ccccc3o2)c(C)c1. The van der Waals surface area contributed by atoms with Gasteiger partial charge in [-0.2, -0.15) is 0 Å². The molecule has 1 atom stereocenters. The predicted molar refractivity (Wildman–Crippen MR) is 87.4 cm³/mol. The molecule has 1 heterocycles. The van der Waals surface area contributed by atoms with Crippen LogP contribution in [0.15, 0.2) is 52.9 Å². The Balaban J connectivity index is 1.71. The molecule has 108 valence electrons. The number of aryl methyl sites for hydroxylation is 2. The summed E-state index contributed by atoms with van der Waals surface area (Å²) in [5.41, 5.74) is 4.94. The summed E-state index contributed by atoms with van der Waals surface area (Å²) in [5.74, 6) is 0.979. The van der Waals surface area contributed by atoms with Gasteiger partial charge in [0, 0.05) is 11.4 Å². The molecule has 0 radical (unpaired) electrons. The Hall–Kier alpha value is -2.06. The minimum absolute atomic E-state index is 0.304. The highest BCUT2D eigenvalue weighted by Crippen LogP contribution is 2.21. The van der Waals surface area contributed by atoms with Gasteiger partial charge >= 0.3 is 0 Å². The van der Waals surface area contributed by atoms with E-state index in [-0.39, 0.29) is 0 Å². The normalized spacial score (nSPS) is 12.7. The lowest BCUT2D eigenvalue weighted by Crippen LogP contribution is -2.18. The van der Waals surface area contributed by atoms with E-state index >= 15 is 0 Å². The van der Waals surface area contributed by atoms with E-state index in [0.29, 0.717) is 6.04 Å². The van der Waals surface area contributed by atoms with Gasteiger partial charge in [0.2, 0.25) is 0 Å². The quantitative estimate of drug-likeness (QED) is 0.734. The number of nitrogens with one attached hydrogen (secondary N) is 1. The number of benzene rings is 2. The fourth-order valence-corrected chi connectivity index (χ4v) is 2.80. The van der Waals surface area contributed by atoms with Crippen molar-refractivity contribution in [3.63, 3.8) is 0 Å². The molecule has 0 aliphatic carbocycles. The van der Waals surface area contributed by atoms with Gasteiger partial charge in [-0.3, -0.25) is 0 Å². The molecule has 2 heteroatoms. The van der Waals surface area contributed by atoms with Gasteiger partial charge in [-0.05, 0) is 44.0 Å². The lowest BCUT2D eigenvalue weighted by Gasteiger charge is -2.16. The van der Waals surface area contributed by atoms with Crippen molar-refractivity contribution >= 4 is 11.0 Å². The summed E-state index contributed by atoms with van der Waals surface area (Å²) in [6.45, 7) is 7.23. The molecule has 21 heavy (non-hydrogen) atoms. The van der Waals surface area contributed by atoms with Crippen LogP contribution in [0.4, 0.5) is 0 Å². The van der Waals surface area contributed by atoms with Gasteiger partial charge in [-0.15, -0.1) is 0 Å². The first kappa shape index (κ1) is 13.9. The van der Waals surface area contributed by atoms with Crippen molar-refractivity contribution in [3.8, 4) is 0 Å². The fourth-order valence-electron chi connectivity index (χ4n) is 2.80. The third kappa shape index (κ3) is 3.01. The van der Waals surface area contributed by atoms with Gasteiger partial charge in [0.25, 0.3) is 0 Å². The van der Waals surface area contributed by atoms with E-state index in [1.54, 1.807) is 0 Å². The van der Waals surface area contributed by atoms with Crippen LogP contribution in [-0.4, -0.2) is 0 Å². The predicted octanol–water partition coefficient (Wildman–Crippen LogP) is 4.90. The van der Waals surface area contributed by atoms with Gasteiger partial charge in [0.15, 0.2) is 0 Å². The lowest BCUT2D eigenvalue weighted by atomic mass is 10.0. The van der Waals surface area contributed by atoms with Crippen molar-refractivity contribution in [1.29, 1.82) is 0 Å². The second-order valence-electron chi connectivity index (χ2n) is 5.71. The van der Waals surface area contributed by atoms with Crippen LogP contribution in [-0.2, 0) is 6.54 Å². The van der Waals surface area contributed by atoms with Gasteiger partial charge in [-0.1, -0.05) is 42.0 Å². The van der Waals surface area contributed by atoms with Crippen LogP contribution in [0.3, 0.4) is 0 Å². The average Bonchev–Trinajstić information content (AvgIpc) is 2.87. The molecule has 0 aliphatic rings. The fraction of sp³-hybridized carbons (Fsp3) is 0.263. The van der Waals surface area contributed by atoms with Crippen LogP contribution in [0.1, 0.15) is 35.4 Å². The van der Waals surface area contributed by atoms with E-state index < -0.39 is 0 Å². The highest BCUT2D eigenvalue weighted by atomic mass is 16.3. The van der Waals surface area contributed by atoms with E-state index in [9.17, 15) is 0 Å². The van der Waals surface area contributed by atoms with Crippen molar-refractivity contribution in [1.82, 2.24) is 5.32 Å². The van der Waals surface area contributed by atoms with E-state index in [4.69, 9.17) is 4.42 Å². The van der Waals surface area contributed by atoms with Crippen LogP contribution in [0.5, 0.6) is 0 Å².